The van der Waals surface area contributed by atoms with Gasteiger partial charge < -0.3 is 9.80 Å². The molecule has 2 unspecified atom stereocenters. The lowest BCUT2D eigenvalue weighted by Crippen LogP contribution is -2.54. The van der Waals surface area contributed by atoms with Crippen LogP contribution in [0.4, 0.5) is 22.7 Å². The average Bonchev–Trinajstić information content (AvgIpc) is 3.53. The van der Waals surface area contributed by atoms with Crippen molar-refractivity contribution in [3.8, 4) is 0 Å². The predicted octanol–water partition coefficient (Wildman–Crippen LogP) is 16.2. The molecule has 3 aromatic carbocycles. The third kappa shape index (κ3) is 6.70. The smallest absolute Gasteiger partial charge is 0.0540 e. The molecule has 2 atom stereocenters. The Bertz CT molecular complexity index is 2310. The van der Waals surface area contributed by atoms with Gasteiger partial charge in [-0.3, -0.25) is 0 Å². The maximum absolute atomic E-state index is 2.79. The average molecular weight is 773 g/mol. The Hall–Kier alpha value is -4.04. The molecule has 4 aliphatic carbocycles. The third-order valence-electron chi connectivity index (χ3n) is 15.0. The summed E-state index contributed by atoms with van der Waals surface area (Å²) in [4.78, 5) is 5.46. The Balaban J connectivity index is 1.40. The molecule has 1 heterocycles. The molecule has 0 radical (unpaired) electrons. The maximum atomic E-state index is 2.79. The van der Waals surface area contributed by atoms with Crippen LogP contribution < -0.4 is 9.80 Å². The summed E-state index contributed by atoms with van der Waals surface area (Å²) < 4.78 is 0. The fraction of sp³-hybridized carbons (Fsp3) is 0.500. The predicted molar refractivity (Wildman–Crippen MR) is 252 cm³/mol. The van der Waals surface area contributed by atoms with Gasteiger partial charge in [0.25, 0.3) is 0 Å². The summed E-state index contributed by atoms with van der Waals surface area (Å²) in [5, 5.41) is 0. The van der Waals surface area contributed by atoms with Crippen molar-refractivity contribution in [3.63, 3.8) is 0 Å². The largest absolute Gasteiger partial charge is 0.334 e. The minimum Gasteiger partial charge on any atom is -0.334 e. The monoisotopic (exact) mass is 773 g/mol. The molecule has 0 spiro atoms. The van der Waals surface area contributed by atoms with Gasteiger partial charge >= 0.3 is 0 Å². The Morgan fingerprint density at radius 2 is 1.40 bits per heavy atom. The van der Waals surface area contributed by atoms with Crippen LogP contribution in [-0.2, 0) is 16.2 Å². The summed E-state index contributed by atoms with van der Waals surface area (Å²) >= 11 is 0. The second kappa shape index (κ2) is 13.8. The van der Waals surface area contributed by atoms with E-state index >= 15 is 0 Å². The molecule has 1 fully saturated rings. The highest BCUT2D eigenvalue weighted by Gasteiger charge is 2.58. The Morgan fingerprint density at radius 1 is 0.707 bits per heavy atom. The molecular formula is C56H72N2. The van der Waals surface area contributed by atoms with Crippen LogP contribution in [-0.4, -0.2) is 5.54 Å². The van der Waals surface area contributed by atoms with E-state index in [9.17, 15) is 0 Å². The SMILES string of the molecule is Cc1cc(N(C2=CC(C)(C)C3=C2C=C(C(C)(C)C)CC3)c2ccc(C(C)(C)C)cc2C2=CCCC=C2)cc(N2c3ccc(C(C)(C)C)cc3C3(C)CCCCC23C)c1. The van der Waals surface area contributed by atoms with Crippen LogP contribution in [0.3, 0.4) is 0 Å². The number of benzene rings is 3. The second-order valence-corrected chi connectivity index (χ2v) is 22.7. The number of aryl methyl sites for hydroxylation is 1. The van der Waals surface area contributed by atoms with Gasteiger partial charge in [0.2, 0.25) is 0 Å². The maximum Gasteiger partial charge on any atom is 0.0540 e. The molecule has 0 amide bonds. The normalized spacial score (nSPS) is 24.2. The number of anilines is 4. The Labute approximate surface area is 352 Å². The van der Waals surface area contributed by atoms with E-state index in [1.807, 2.05) is 0 Å². The van der Waals surface area contributed by atoms with Crippen molar-refractivity contribution in [1.29, 1.82) is 0 Å². The zero-order chi connectivity index (χ0) is 41.8. The number of hydrogen-bond acceptors (Lipinski definition) is 2. The first-order chi connectivity index (χ1) is 27.0. The van der Waals surface area contributed by atoms with Gasteiger partial charge in [0.05, 0.1) is 16.9 Å². The summed E-state index contributed by atoms with van der Waals surface area (Å²) in [5.74, 6) is 0. The van der Waals surface area contributed by atoms with Gasteiger partial charge in [-0.2, -0.15) is 0 Å². The van der Waals surface area contributed by atoms with Crippen molar-refractivity contribution in [2.45, 2.75) is 170 Å². The van der Waals surface area contributed by atoms with Crippen molar-refractivity contribution >= 4 is 28.3 Å². The fourth-order valence-electron chi connectivity index (χ4n) is 11.2. The van der Waals surface area contributed by atoms with Gasteiger partial charge in [-0.05, 0) is 144 Å². The molecule has 2 nitrogen and oxygen atoms in total. The second-order valence-electron chi connectivity index (χ2n) is 22.7. The van der Waals surface area contributed by atoms with Crippen molar-refractivity contribution in [2.75, 3.05) is 9.80 Å². The molecule has 58 heavy (non-hydrogen) atoms. The Kier molecular flexibility index (Phi) is 9.66. The van der Waals surface area contributed by atoms with Gasteiger partial charge in [-0.1, -0.05) is 150 Å². The summed E-state index contributed by atoms with van der Waals surface area (Å²) in [6.45, 7) is 33.7. The number of nitrogens with zero attached hydrogens (tertiary/aromatic N) is 2. The molecule has 2 heteroatoms. The van der Waals surface area contributed by atoms with Crippen molar-refractivity contribution in [2.24, 2.45) is 10.8 Å². The number of hydrogen-bond donors (Lipinski definition) is 0. The fourth-order valence-corrected chi connectivity index (χ4v) is 11.2. The molecule has 3 aromatic rings. The molecule has 0 aromatic heterocycles. The Morgan fingerprint density at radius 3 is 2.07 bits per heavy atom. The van der Waals surface area contributed by atoms with Crippen LogP contribution >= 0.6 is 0 Å². The van der Waals surface area contributed by atoms with Gasteiger partial charge in [0, 0.05) is 33.5 Å². The van der Waals surface area contributed by atoms with Crippen LogP contribution in [0.15, 0.2) is 107 Å². The third-order valence-corrected chi connectivity index (χ3v) is 15.0. The van der Waals surface area contributed by atoms with Crippen LogP contribution in [0, 0.1) is 17.8 Å². The molecule has 0 N–H and O–H groups in total. The summed E-state index contributed by atoms with van der Waals surface area (Å²) in [6.07, 6.45) is 21.8. The lowest BCUT2D eigenvalue weighted by molar-refractivity contribution is 0.195. The number of fused-ring (bicyclic) bond motifs is 3. The van der Waals surface area contributed by atoms with E-state index in [0.29, 0.717) is 0 Å². The topological polar surface area (TPSA) is 6.48 Å². The molecular weight excluding hydrogens is 701 g/mol. The van der Waals surface area contributed by atoms with Crippen LogP contribution in [0.5, 0.6) is 0 Å². The molecule has 306 valence electrons. The van der Waals surface area contributed by atoms with Crippen molar-refractivity contribution in [3.05, 3.63) is 135 Å². The number of rotatable bonds is 5. The molecule has 1 saturated carbocycles. The zero-order valence-electron chi connectivity index (χ0n) is 38.6. The van der Waals surface area contributed by atoms with Crippen LogP contribution in [0.2, 0.25) is 0 Å². The van der Waals surface area contributed by atoms with E-state index in [1.165, 1.54) is 93.1 Å². The first-order valence-corrected chi connectivity index (χ1v) is 22.6. The number of allylic oxidation sites excluding steroid dienone is 8. The highest BCUT2D eigenvalue weighted by atomic mass is 15.3. The van der Waals surface area contributed by atoms with Gasteiger partial charge in [-0.15, -0.1) is 0 Å². The minimum atomic E-state index is -0.0406. The van der Waals surface area contributed by atoms with E-state index in [4.69, 9.17) is 0 Å². The first kappa shape index (κ1) is 40.7. The van der Waals surface area contributed by atoms with E-state index in [-0.39, 0.29) is 32.6 Å². The van der Waals surface area contributed by atoms with Gasteiger partial charge in [0.15, 0.2) is 0 Å². The zero-order valence-corrected chi connectivity index (χ0v) is 38.6. The standard InChI is InChI=1S/C56H72N2/c1-37-30-42(35-43(31-37)58-49-27-24-41(53(8,9)10)34-47(49)55(13)28-18-19-29-56(55,58)14)57(50-36-54(11,12)46-25-22-39(33-45(46)50)51(2,3)4)48-26-23-40(52(5,6)7)32-44(48)38-20-16-15-17-21-38/h16,20-21,23-24,26-27,30-36H,15,17-19,22,25,28-29H2,1-14H3. The van der Waals surface area contributed by atoms with Gasteiger partial charge in [0.1, 0.15) is 0 Å². The summed E-state index contributed by atoms with van der Waals surface area (Å²) in [5.41, 5.74) is 19.6. The van der Waals surface area contributed by atoms with E-state index in [0.717, 1.165) is 25.7 Å². The van der Waals surface area contributed by atoms with Gasteiger partial charge in [-0.25, -0.2) is 0 Å². The first-order valence-electron chi connectivity index (χ1n) is 22.6. The molecule has 1 aliphatic heterocycles. The van der Waals surface area contributed by atoms with Crippen molar-refractivity contribution in [1.82, 2.24) is 0 Å². The minimum absolute atomic E-state index is 0.0314. The van der Waals surface area contributed by atoms with E-state index in [1.54, 1.807) is 11.1 Å². The van der Waals surface area contributed by atoms with E-state index in [2.05, 4.69) is 192 Å². The highest BCUT2D eigenvalue weighted by Crippen LogP contribution is 2.62. The van der Waals surface area contributed by atoms with Crippen LogP contribution in [0.1, 0.15) is 169 Å². The molecule has 8 rings (SSSR count). The van der Waals surface area contributed by atoms with Crippen molar-refractivity contribution < 1.29 is 0 Å². The molecule has 0 bridgehead atoms. The summed E-state index contributed by atoms with van der Waals surface area (Å²) in [7, 11) is 0. The lowest BCUT2D eigenvalue weighted by Gasteiger charge is -2.50. The molecule has 5 aliphatic rings. The highest BCUT2D eigenvalue weighted by molar-refractivity contribution is 5.90. The quantitative estimate of drug-likeness (QED) is 0.255. The van der Waals surface area contributed by atoms with Crippen LogP contribution in [0.25, 0.3) is 5.57 Å². The van der Waals surface area contributed by atoms with E-state index < -0.39 is 0 Å². The molecule has 0 saturated heterocycles. The summed E-state index contributed by atoms with van der Waals surface area (Å²) in [6, 6.07) is 22.3. The lowest BCUT2D eigenvalue weighted by atomic mass is 9.61.